The van der Waals surface area contributed by atoms with Gasteiger partial charge in [-0.05, 0) is 25.7 Å². The lowest BCUT2D eigenvalue weighted by molar-refractivity contribution is -0.137. The third kappa shape index (κ3) is 4.58. The van der Waals surface area contributed by atoms with Crippen molar-refractivity contribution < 1.29 is 14.7 Å². The van der Waals surface area contributed by atoms with Crippen LogP contribution in [0.5, 0.6) is 0 Å². The van der Waals surface area contributed by atoms with Gasteiger partial charge < -0.3 is 14.9 Å². The molecule has 2 amide bonds. The van der Waals surface area contributed by atoms with Gasteiger partial charge in [-0.25, -0.2) is 4.79 Å². The van der Waals surface area contributed by atoms with Gasteiger partial charge in [0.2, 0.25) is 0 Å². The van der Waals surface area contributed by atoms with Gasteiger partial charge in [-0.3, -0.25) is 4.79 Å². The molecule has 1 N–H and O–H groups in total. The molecule has 108 valence electrons. The number of amides is 2. The monoisotopic (exact) mass is 268 g/mol. The molecular weight excluding hydrogens is 244 g/mol. The molecule has 1 unspecified atom stereocenters. The highest BCUT2D eigenvalue weighted by Gasteiger charge is 2.29. The number of nitrogens with zero attached hydrogens (tertiary/aromatic N) is 2. The third-order valence-corrected chi connectivity index (χ3v) is 3.44. The van der Waals surface area contributed by atoms with Crippen LogP contribution in [0.1, 0.15) is 39.0 Å². The summed E-state index contributed by atoms with van der Waals surface area (Å²) in [6, 6.07) is 0.0906. The van der Waals surface area contributed by atoms with E-state index in [-0.39, 0.29) is 25.2 Å². The van der Waals surface area contributed by atoms with E-state index in [2.05, 4.69) is 13.5 Å². The normalized spacial score (nSPS) is 19.0. The van der Waals surface area contributed by atoms with Crippen LogP contribution in [-0.2, 0) is 4.79 Å². The van der Waals surface area contributed by atoms with Crippen LogP contribution < -0.4 is 0 Å². The first-order chi connectivity index (χ1) is 9.10. The van der Waals surface area contributed by atoms with E-state index in [4.69, 9.17) is 5.11 Å². The topological polar surface area (TPSA) is 60.9 Å². The molecule has 0 radical (unpaired) electrons. The van der Waals surface area contributed by atoms with Gasteiger partial charge in [-0.1, -0.05) is 19.4 Å². The molecule has 1 atom stereocenters. The number of hydrogen-bond acceptors (Lipinski definition) is 2. The van der Waals surface area contributed by atoms with Gasteiger partial charge in [0.1, 0.15) is 6.54 Å². The molecule has 5 heteroatoms. The van der Waals surface area contributed by atoms with Crippen molar-refractivity contribution in [2.75, 3.05) is 19.6 Å². The highest BCUT2D eigenvalue weighted by Crippen LogP contribution is 2.22. The summed E-state index contributed by atoms with van der Waals surface area (Å²) in [4.78, 5) is 26.5. The van der Waals surface area contributed by atoms with Crippen LogP contribution in [-0.4, -0.2) is 52.6 Å². The Bertz CT molecular complexity index is 329. The van der Waals surface area contributed by atoms with Crippen LogP contribution in [0.15, 0.2) is 12.7 Å². The summed E-state index contributed by atoms with van der Waals surface area (Å²) in [6.07, 6.45) is 6.76. The van der Waals surface area contributed by atoms with Gasteiger partial charge >= 0.3 is 12.0 Å². The Morgan fingerprint density at radius 2 is 2.21 bits per heavy atom. The highest BCUT2D eigenvalue weighted by molar-refractivity contribution is 5.80. The zero-order chi connectivity index (χ0) is 14.3. The first-order valence-electron chi connectivity index (χ1n) is 6.98. The minimum atomic E-state index is -0.987. The quantitative estimate of drug-likeness (QED) is 0.752. The van der Waals surface area contributed by atoms with Gasteiger partial charge in [0.25, 0.3) is 0 Å². The van der Waals surface area contributed by atoms with Gasteiger partial charge in [-0.15, -0.1) is 6.58 Å². The highest BCUT2D eigenvalue weighted by atomic mass is 16.4. The van der Waals surface area contributed by atoms with Crippen LogP contribution in [0.2, 0.25) is 0 Å². The summed E-state index contributed by atoms with van der Waals surface area (Å²) in [5.41, 5.74) is 0. The zero-order valence-corrected chi connectivity index (χ0v) is 11.7. The van der Waals surface area contributed by atoms with Crippen LogP contribution in [0, 0.1) is 0 Å². The van der Waals surface area contributed by atoms with E-state index >= 15 is 0 Å². The van der Waals surface area contributed by atoms with Gasteiger partial charge in [0.15, 0.2) is 0 Å². The first-order valence-corrected chi connectivity index (χ1v) is 6.98. The number of carboxylic acids is 1. The molecule has 1 heterocycles. The van der Waals surface area contributed by atoms with Crippen molar-refractivity contribution >= 4 is 12.0 Å². The largest absolute Gasteiger partial charge is 0.480 e. The molecule has 0 saturated carbocycles. The first kappa shape index (κ1) is 15.5. The van der Waals surface area contributed by atoms with Crippen molar-refractivity contribution in [3.8, 4) is 0 Å². The van der Waals surface area contributed by atoms with Crippen molar-refractivity contribution in [2.45, 2.75) is 45.1 Å². The fraction of sp³-hybridized carbons (Fsp3) is 0.714. The van der Waals surface area contributed by atoms with E-state index in [1.807, 2.05) is 4.90 Å². The number of carboxylic acid groups (broad SMARTS) is 1. The fourth-order valence-corrected chi connectivity index (χ4v) is 2.60. The molecule has 0 bridgehead atoms. The summed E-state index contributed by atoms with van der Waals surface area (Å²) in [5.74, 6) is -0.987. The number of urea groups is 1. The number of aliphatic carboxylic acids is 1. The van der Waals surface area contributed by atoms with Crippen molar-refractivity contribution in [3.63, 3.8) is 0 Å². The second-order valence-corrected chi connectivity index (χ2v) is 4.98. The van der Waals surface area contributed by atoms with Crippen molar-refractivity contribution in [1.29, 1.82) is 0 Å². The van der Waals surface area contributed by atoms with Crippen molar-refractivity contribution in [3.05, 3.63) is 12.7 Å². The molecule has 0 aromatic carbocycles. The van der Waals surface area contributed by atoms with E-state index in [9.17, 15) is 9.59 Å². The predicted molar refractivity (Wildman–Crippen MR) is 74.1 cm³/mol. The minimum absolute atomic E-state index is 0.166. The fourth-order valence-electron chi connectivity index (χ4n) is 2.60. The molecule has 1 rings (SSSR count). The molecule has 5 nitrogen and oxygen atoms in total. The second kappa shape index (κ2) is 7.81. The number of hydrogen-bond donors (Lipinski definition) is 1. The average molecular weight is 268 g/mol. The number of carbonyl (C=O) groups is 2. The van der Waals surface area contributed by atoms with Crippen molar-refractivity contribution in [1.82, 2.24) is 9.80 Å². The molecule has 0 aliphatic carbocycles. The lowest BCUT2D eigenvalue weighted by Crippen LogP contribution is -2.51. The van der Waals surface area contributed by atoms with E-state index in [1.54, 1.807) is 6.08 Å². The molecule has 0 aromatic heterocycles. The van der Waals surface area contributed by atoms with Crippen LogP contribution >= 0.6 is 0 Å². The predicted octanol–water partition coefficient (Wildman–Crippen LogP) is 2.33. The van der Waals surface area contributed by atoms with Crippen LogP contribution in [0.3, 0.4) is 0 Å². The van der Waals surface area contributed by atoms with Gasteiger partial charge in [0, 0.05) is 19.1 Å². The lowest BCUT2D eigenvalue weighted by atomic mass is 9.98. The number of rotatable bonds is 6. The molecule has 1 saturated heterocycles. The molecular formula is C14H24N2O3. The summed E-state index contributed by atoms with van der Waals surface area (Å²) in [5, 5.41) is 8.88. The van der Waals surface area contributed by atoms with E-state index in [0.717, 1.165) is 38.6 Å². The summed E-state index contributed by atoms with van der Waals surface area (Å²) < 4.78 is 0. The number of piperidine rings is 1. The Kier molecular flexibility index (Phi) is 6.39. The zero-order valence-electron chi connectivity index (χ0n) is 11.7. The summed E-state index contributed by atoms with van der Waals surface area (Å²) in [6.45, 7) is 6.44. The molecule has 1 aliphatic rings. The molecule has 0 spiro atoms. The van der Waals surface area contributed by atoms with Gasteiger partial charge in [-0.2, -0.15) is 0 Å². The Morgan fingerprint density at radius 1 is 1.47 bits per heavy atom. The van der Waals surface area contributed by atoms with E-state index in [0.29, 0.717) is 0 Å². The lowest BCUT2D eigenvalue weighted by Gasteiger charge is -2.38. The number of likely N-dealkylation sites (tertiary alicyclic amines) is 1. The van der Waals surface area contributed by atoms with Crippen molar-refractivity contribution in [2.24, 2.45) is 0 Å². The third-order valence-electron chi connectivity index (χ3n) is 3.44. The Hall–Kier alpha value is -1.52. The smallest absolute Gasteiger partial charge is 0.323 e. The molecule has 1 fully saturated rings. The average Bonchev–Trinajstić information content (AvgIpc) is 2.38. The molecule has 19 heavy (non-hydrogen) atoms. The maximum absolute atomic E-state index is 12.4. The standard InChI is InChI=1S/C14H24N2O3/c1-3-7-12-8-5-6-10-16(12)14(19)15(9-4-2)11-13(17)18/h4,12H,2-3,5-11H2,1H3,(H,17,18). The molecule has 0 aromatic rings. The maximum Gasteiger partial charge on any atom is 0.323 e. The Morgan fingerprint density at radius 3 is 2.79 bits per heavy atom. The van der Waals surface area contributed by atoms with Crippen LogP contribution in [0.4, 0.5) is 4.79 Å². The minimum Gasteiger partial charge on any atom is -0.480 e. The van der Waals surface area contributed by atoms with E-state index < -0.39 is 5.97 Å². The summed E-state index contributed by atoms with van der Waals surface area (Å²) in [7, 11) is 0. The maximum atomic E-state index is 12.4. The van der Waals surface area contributed by atoms with Crippen LogP contribution in [0.25, 0.3) is 0 Å². The Labute approximate surface area is 114 Å². The van der Waals surface area contributed by atoms with Gasteiger partial charge in [0.05, 0.1) is 0 Å². The van der Waals surface area contributed by atoms with E-state index in [1.165, 1.54) is 4.90 Å². The SMILES string of the molecule is C=CCN(CC(=O)O)C(=O)N1CCCCC1CCC. The number of carbonyl (C=O) groups excluding carboxylic acids is 1. The molecule has 1 aliphatic heterocycles. The second-order valence-electron chi connectivity index (χ2n) is 4.98. The Balaban J connectivity index is 2.74. The summed E-state index contributed by atoms with van der Waals surface area (Å²) >= 11 is 0.